The van der Waals surface area contributed by atoms with Crippen molar-refractivity contribution in [3.8, 4) is 17.0 Å². The van der Waals surface area contributed by atoms with Crippen LogP contribution in [0.25, 0.3) is 11.1 Å². The standard InChI is InChI=1S/C13H13N3O2/c1-8-7-10(9-3-5-15-6-4-9)11(12(14)17)13(16-8)18-2/h3-7H,1-2H3,(H2,14,17)/i2D. The lowest BCUT2D eigenvalue weighted by atomic mass is 10.0. The van der Waals surface area contributed by atoms with E-state index < -0.39 is 5.91 Å². The number of carbonyl (C=O) groups excluding carboxylic acids is 1. The van der Waals surface area contributed by atoms with E-state index in [0.29, 0.717) is 11.3 Å². The first kappa shape index (κ1) is 10.7. The molecule has 0 radical (unpaired) electrons. The highest BCUT2D eigenvalue weighted by molar-refractivity contribution is 6.02. The highest BCUT2D eigenvalue weighted by Crippen LogP contribution is 2.29. The van der Waals surface area contributed by atoms with Gasteiger partial charge in [0.25, 0.3) is 5.91 Å². The molecular weight excluding hydrogens is 230 g/mol. The van der Waals surface area contributed by atoms with Crippen LogP contribution >= 0.6 is 0 Å². The number of nitrogens with zero attached hydrogens (tertiary/aromatic N) is 2. The number of primary amides is 1. The Morgan fingerprint density at radius 2 is 2.17 bits per heavy atom. The van der Waals surface area contributed by atoms with Gasteiger partial charge in [-0.05, 0) is 30.7 Å². The van der Waals surface area contributed by atoms with Crippen LogP contribution in [0.5, 0.6) is 5.88 Å². The van der Waals surface area contributed by atoms with E-state index in [4.69, 9.17) is 11.8 Å². The number of methoxy groups -OCH3 is 1. The maximum absolute atomic E-state index is 11.6. The summed E-state index contributed by atoms with van der Waals surface area (Å²) in [5, 5.41) is 0. The van der Waals surface area contributed by atoms with Crippen molar-refractivity contribution in [3.05, 3.63) is 41.9 Å². The van der Waals surface area contributed by atoms with E-state index in [2.05, 4.69) is 9.97 Å². The first-order valence-corrected chi connectivity index (χ1v) is 5.27. The van der Waals surface area contributed by atoms with Gasteiger partial charge in [0.15, 0.2) is 0 Å². The molecule has 0 spiro atoms. The van der Waals surface area contributed by atoms with E-state index in [-0.39, 0.29) is 18.5 Å². The van der Waals surface area contributed by atoms with Gasteiger partial charge in [-0.15, -0.1) is 0 Å². The summed E-state index contributed by atoms with van der Waals surface area (Å²) in [5.41, 5.74) is 7.69. The second-order valence-corrected chi connectivity index (χ2v) is 3.74. The van der Waals surface area contributed by atoms with Gasteiger partial charge in [-0.3, -0.25) is 9.78 Å². The molecule has 2 rings (SSSR count). The van der Waals surface area contributed by atoms with Crippen LogP contribution in [-0.4, -0.2) is 23.0 Å². The van der Waals surface area contributed by atoms with Crippen molar-refractivity contribution in [1.29, 1.82) is 0 Å². The van der Waals surface area contributed by atoms with Gasteiger partial charge >= 0.3 is 0 Å². The zero-order valence-corrected chi connectivity index (χ0v) is 9.88. The summed E-state index contributed by atoms with van der Waals surface area (Å²) in [6, 6.07) is 5.30. The van der Waals surface area contributed by atoms with E-state index >= 15 is 0 Å². The largest absolute Gasteiger partial charge is 0.480 e. The van der Waals surface area contributed by atoms with Crippen molar-refractivity contribution < 1.29 is 10.9 Å². The molecule has 18 heavy (non-hydrogen) atoms. The van der Waals surface area contributed by atoms with Gasteiger partial charge in [-0.2, -0.15) is 0 Å². The number of hydrogen-bond donors (Lipinski definition) is 1. The number of pyridine rings is 2. The van der Waals surface area contributed by atoms with Crippen LogP contribution in [0.2, 0.25) is 0 Å². The molecule has 5 heteroatoms. The summed E-state index contributed by atoms with van der Waals surface area (Å²) in [5.74, 6) is -0.544. The van der Waals surface area contributed by atoms with Crippen LogP contribution in [0.4, 0.5) is 0 Å². The van der Waals surface area contributed by atoms with E-state index in [1.54, 1.807) is 37.5 Å². The lowest BCUT2D eigenvalue weighted by molar-refractivity contribution is 0.0997. The molecule has 0 aliphatic heterocycles. The Hall–Kier alpha value is -2.43. The van der Waals surface area contributed by atoms with Gasteiger partial charge in [-0.25, -0.2) is 4.98 Å². The molecule has 5 nitrogen and oxygen atoms in total. The molecule has 0 saturated carbocycles. The molecule has 0 saturated heterocycles. The molecule has 0 aromatic carbocycles. The monoisotopic (exact) mass is 244 g/mol. The van der Waals surface area contributed by atoms with Crippen LogP contribution in [0.3, 0.4) is 0 Å². The van der Waals surface area contributed by atoms with Crippen molar-refractivity contribution >= 4 is 5.91 Å². The van der Waals surface area contributed by atoms with Crippen LogP contribution in [0, 0.1) is 6.92 Å². The Morgan fingerprint density at radius 1 is 1.44 bits per heavy atom. The average Bonchev–Trinajstić information content (AvgIpc) is 2.39. The van der Waals surface area contributed by atoms with Gasteiger partial charge in [0.05, 0.1) is 8.46 Å². The van der Waals surface area contributed by atoms with Gasteiger partial charge in [-0.1, -0.05) is 0 Å². The Bertz CT molecular complexity index is 602. The Labute approximate surface area is 106 Å². The highest BCUT2D eigenvalue weighted by Gasteiger charge is 2.18. The molecule has 2 aromatic heterocycles. The van der Waals surface area contributed by atoms with Gasteiger partial charge in [0, 0.05) is 23.7 Å². The number of amides is 1. The smallest absolute Gasteiger partial charge is 0.254 e. The fourth-order valence-electron chi connectivity index (χ4n) is 1.75. The third kappa shape index (κ3) is 2.15. The Kier molecular flexibility index (Phi) is 2.87. The number of ether oxygens (including phenoxy) is 1. The molecule has 2 heterocycles. The summed E-state index contributed by atoms with van der Waals surface area (Å²) in [6.45, 7) is 1.78. The number of hydrogen-bond acceptors (Lipinski definition) is 4. The minimum Gasteiger partial charge on any atom is -0.480 e. The van der Waals surface area contributed by atoms with E-state index in [1.807, 2.05) is 0 Å². The van der Waals surface area contributed by atoms with E-state index in [1.165, 1.54) is 0 Å². The zero-order valence-electron chi connectivity index (χ0n) is 10.9. The third-order valence-electron chi connectivity index (χ3n) is 2.49. The quantitative estimate of drug-likeness (QED) is 0.888. The molecule has 0 aliphatic rings. The molecule has 0 atom stereocenters. The third-order valence-corrected chi connectivity index (χ3v) is 2.49. The van der Waals surface area contributed by atoms with Gasteiger partial charge in [0.1, 0.15) is 5.56 Å². The molecule has 0 unspecified atom stereocenters. The van der Waals surface area contributed by atoms with Crippen LogP contribution < -0.4 is 10.5 Å². The molecule has 92 valence electrons. The maximum atomic E-state index is 11.6. The summed E-state index contributed by atoms with van der Waals surface area (Å²) in [7, 11) is -0.327. The molecule has 0 bridgehead atoms. The number of aryl methyl sites for hydroxylation is 1. The first-order chi connectivity index (χ1) is 9.13. The van der Waals surface area contributed by atoms with Crippen LogP contribution in [0.1, 0.15) is 17.4 Å². The second kappa shape index (κ2) is 4.83. The van der Waals surface area contributed by atoms with Crippen molar-refractivity contribution in [2.24, 2.45) is 5.73 Å². The lowest BCUT2D eigenvalue weighted by Gasteiger charge is -2.11. The second-order valence-electron chi connectivity index (χ2n) is 3.74. The van der Waals surface area contributed by atoms with E-state index in [0.717, 1.165) is 5.56 Å². The van der Waals surface area contributed by atoms with Crippen molar-refractivity contribution in [1.82, 2.24) is 9.97 Å². The van der Waals surface area contributed by atoms with Gasteiger partial charge < -0.3 is 10.5 Å². The van der Waals surface area contributed by atoms with Crippen LogP contribution in [0.15, 0.2) is 30.6 Å². The topological polar surface area (TPSA) is 78.1 Å². The SMILES string of the molecule is [2H]COc1nc(C)cc(-c2ccncc2)c1C(N)=O. The van der Waals surface area contributed by atoms with E-state index in [9.17, 15) is 4.79 Å². The number of carbonyl (C=O) groups is 1. The van der Waals surface area contributed by atoms with Crippen molar-refractivity contribution in [2.75, 3.05) is 7.09 Å². The summed E-state index contributed by atoms with van der Waals surface area (Å²) < 4.78 is 12.2. The van der Waals surface area contributed by atoms with Crippen LogP contribution in [-0.2, 0) is 0 Å². The predicted molar refractivity (Wildman–Crippen MR) is 67.3 cm³/mol. The lowest BCUT2D eigenvalue weighted by Crippen LogP contribution is -2.15. The molecule has 1 amide bonds. The van der Waals surface area contributed by atoms with Crippen molar-refractivity contribution in [3.63, 3.8) is 0 Å². The fourth-order valence-corrected chi connectivity index (χ4v) is 1.75. The minimum atomic E-state index is -0.636. The van der Waals surface area contributed by atoms with Crippen molar-refractivity contribution in [2.45, 2.75) is 6.92 Å². The fraction of sp³-hybridized carbons (Fsp3) is 0.154. The summed E-state index contributed by atoms with van der Waals surface area (Å²) in [6.07, 6.45) is 3.25. The summed E-state index contributed by atoms with van der Waals surface area (Å²) in [4.78, 5) is 19.7. The molecule has 0 fully saturated rings. The highest BCUT2D eigenvalue weighted by atomic mass is 16.5. The maximum Gasteiger partial charge on any atom is 0.254 e. The number of nitrogens with two attached hydrogens (primary N) is 1. The Morgan fingerprint density at radius 3 is 2.78 bits per heavy atom. The minimum absolute atomic E-state index is 0.0920. The predicted octanol–water partition coefficient (Wildman–Crippen LogP) is 1.56. The number of rotatable bonds is 3. The molecular formula is C13H13N3O2. The summed E-state index contributed by atoms with van der Waals surface area (Å²) >= 11 is 0. The average molecular weight is 244 g/mol. The first-order valence-electron chi connectivity index (χ1n) is 5.98. The normalized spacial score (nSPS) is 10.8. The Balaban J connectivity index is 2.68. The molecule has 2 N–H and O–H groups in total. The van der Waals surface area contributed by atoms with Gasteiger partial charge in [0.2, 0.25) is 5.88 Å². The molecule has 0 aliphatic carbocycles. The zero-order chi connectivity index (χ0) is 13.8. The number of aromatic nitrogens is 2. The molecule has 2 aromatic rings.